The van der Waals surface area contributed by atoms with Crippen LogP contribution >= 0.6 is 0 Å². The predicted molar refractivity (Wildman–Crippen MR) is 91.1 cm³/mol. The van der Waals surface area contributed by atoms with Gasteiger partial charge in [-0.25, -0.2) is 4.98 Å². The highest BCUT2D eigenvalue weighted by molar-refractivity contribution is 5.60. The van der Waals surface area contributed by atoms with E-state index in [0.717, 1.165) is 44.1 Å². The highest BCUT2D eigenvalue weighted by atomic mass is 16.1. The highest BCUT2D eigenvalue weighted by Crippen LogP contribution is 2.21. The first-order chi connectivity index (χ1) is 11.2. The molecule has 1 aromatic heterocycles. The first-order valence-electron chi connectivity index (χ1n) is 7.77. The molecule has 120 valence electrons. The van der Waals surface area contributed by atoms with Crippen LogP contribution in [0.25, 0.3) is 0 Å². The maximum atomic E-state index is 10.8. The number of anilines is 3. The standard InChI is InChI=1S/C17H21N5O/c1-13-3-4-15(14(2)11-13)19-17-18-6-5-16(20-17)22-9-7-21(12-23)8-10-22/h3-6,11-12H,7-10H2,1-2H3,(H,18,19,20). The molecule has 3 rings (SSSR count). The summed E-state index contributed by atoms with van der Waals surface area (Å²) in [6, 6.07) is 8.15. The van der Waals surface area contributed by atoms with Gasteiger partial charge in [0.25, 0.3) is 0 Å². The summed E-state index contributed by atoms with van der Waals surface area (Å²) >= 11 is 0. The molecule has 1 aromatic carbocycles. The highest BCUT2D eigenvalue weighted by Gasteiger charge is 2.17. The van der Waals surface area contributed by atoms with Crippen LogP contribution in [0, 0.1) is 13.8 Å². The van der Waals surface area contributed by atoms with Crippen LogP contribution in [0.3, 0.4) is 0 Å². The Balaban J connectivity index is 1.74. The SMILES string of the molecule is Cc1ccc(Nc2nccc(N3CCN(C=O)CC3)n2)c(C)c1. The normalized spacial score (nSPS) is 14.7. The zero-order valence-electron chi connectivity index (χ0n) is 13.5. The van der Waals surface area contributed by atoms with Gasteiger partial charge in [0.05, 0.1) is 0 Å². The number of carbonyl (C=O) groups is 1. The van der Waals surface area contributed by atoms with Gasteiger partial charge in [-0.3, -0.25) is 4.79 Å². The van der Waals surface area contributed by atoms with Crippen molar-refractivity contribution in [1.29, 1.82) is 0 Å². The Hall–Kier alpha value is -2.63. The Kier molecular flexibility index (Phi) is 4.41. The topological polar surface area (TPSA) is 61.4 Å². The number of nitrogens with one attached hydrogen (secondary N) is 1. The average Bonchev–Trinajstić information content (AvgIpc) is 2.58. The van der Waals surface area contributed by atoms with Gasteiger partial charge in [0, 0.05) is 38.1 Å². The Morgan fingerprint density at radius 1 is 1.13 bits per heavy atom. The molecule has 1 saturated heterocycles. The number of hydrogen-bond donors (Lipinski definition) is 1. The van der Waals surface area contributed by atoms with Gasteiger partial charge in [-0.15, -0.1) is 0 Å². The van der Waals surface area contributed by atoms with E-state index in [9.17, 15) is 4.79 Å². The Morgan fingerprint density at radius 3 is 2.61 bits per heavy atom. The summed E-state index contributed by atoms with van der Waals surface area (Å²) in [7, 11) is 0. The van der Waals surface area contributed by atoms with Gasteiger partial charge in [-0.2, -0.15) is 4.98 Å². The van der Waals surface area contributed by atoms with Crippen LogP contribution in [0.1, 0.15) is 11.1 Å². The maximum absolute atomic E-state index is 10.8. The van der Waals surface area contributed by atoms with Crippen molar-refractivity contribution in [2.24, 2.45) is 0 Å². The molecule has 0 spiro atoms. The molecule has 6 heteroatoms. The van der Waals surface area contributed by atoms with E-state index >= 15 is 0 Å². The molecule has 0 saturated carbocycles. The predicted octanol–water partition coefficient (Wildman–Crippen LogP) is 2.12. The number of amides is 1. The van der Waals surface area contributed by atoms with Gasteiger partial charge in [0.2, 0.25) is 12.4 Å². The summed E-state index contributed by atoms with van der Waals surface area (Å²) in [6.07, 6.45) is 2.67. The van der Waals surface area contributed by atoms with E-state index in [1.165, 1.54) is 11.1 Å². The summed E-state index contributed by atoms with van der Waals surface area (Å²) in [5, 5.41) is 3.28. The smallest absolute Gasteiger partial charge is 0.229 e. The van der Waals surface area contributed by atoms with E-state index in [4.69, 9.17) is 0 Å². The number of rotatable bonds is 4. The summed E-state index contributed by atoms with van der Waals surface area (Å²) in [5.41, 5.74) is 3.41. The lowest BCUT2D eigenvalue weighted by atomic mass is 10.1. The minimum Gasteiger partial charge on any atom is -0.353 e. The van der Waals surface area contributed by atoms with Crippen molar-refractivity contribution in [1.82, 2.24) is 14.9 Å². The molecule has 2 heterocycles. The number of benzene rings is 1. The first kappa shape index (κ1) is 15.3. The van der Waals surface area contributed by atoms with Crippen molar-refractivity contribution in [3.05, 3.63) is 41.6 Å². The molecular formula is C17H21N5O. The number of aromatic nitrogens is 2. The number of nitrogens with zero attached hydrogens (tertiary/aromatic N) is 4. The average molecular weight is 311 g/mol. The van der Waals surface area contributed by atoms with Gasteiger partial charge in [-0.05, 0) is 31.5 Å². The van der Waals surface area contributed by atoms with Crippen LogP contribution in [0.4, 0.5) is 17.5 Å². The Morgan fingerprint density at radius 2 is 1.91 bits per heavy atom. The molecule has 6 nitrogen and oxygen atoms in total. The summed E-state index contributed by atoms with van der Waals surface area (Å²) in [6.45, 7) is 7.18. The van der Waals surface area contributed by atoms with Crippen molar-refractivity contribution >= 4 is 23.9 Å². The largest absolute Gasteiger partial charge is 0.353 e. The van der Waals surface area contributed by atoms with Gasteiger partial charge in [0.15, 0.2) is 0 Å². The third kappa shape index (κ3) is 3.59. The van der Waals surface area contributed by atoms with E-state index < -0.39 is 0 Å². The van der Waals surface area contributed by atoms with Gasteiger partial charge in [0.1, 0.15) is 5.82 Å². The summed E-state index contributed by atoms with van der Waals surface area (Å²) in [4.78, 5) is 23.7. The Bertz CT molecular complexity index is 695. The molecule has 0 atom stereocenters. The molecule has 0 aliphatic carbocycles. The number of aryl methyl sites for hydroxylation is 2. The molecule has 0 unspecified atom stereocenters. The molecule has 1 aliphatic rings. The lowest BCUT2D eigenvalue weighted by molar-refractivity contribution is -0.118. The van der Waals surface area contributed by atoms with Crippen LogP contribution in [-0.2, 0) is 4.79 Å². The Labute approximate surface area is 136 Å². The van der Waals surface area contributed by atoms with Gasteiger partial charge in [-0.1, -0.05) is 17.7 Å². The first-order valence-corrected chi connectivity index (χ1v) is 7.77. The van der Waals surface area contributed by atoms with Crippen LogP contribution in [0.5, 0.6) is 0 Å². The maximum Gasteiger partial charge on any atom is 0.229 e. The number of carbonyl (C=O) groups excluding carboxylic acids is 1. The van der Waals surface area contributed by atoms with Crippen LogP contribution < -0.4 is 10.2 Å². The summed E-state index contributed by atoms with van der Waals surface area (Å²) in [5.74, 6) is 1.48. The van der Waals surface area contributed by atoms with E-state index in [0.29, 0.717) is 5.95 Å². The molecule has 2 aromatic rings. The van der Waals surface area contributed by atoms with Crippen LogP contribution in [0.2, 0.25) is 0 Å². The molecule has 1 fully saturated rings. The molecule has 1 aliphatic heterocycles. The zero-order valence-corrected chi connectivity index (χ0v) is 13.5. The van der Waals surface area contributed by atoms with E-state index in [-0.39, 0.29) is 0 Å². The fraction of sp³-hybridized carbons (Fsp3) is 0.353. The molecule has 1 amide bonds. The second kappa shape index (κ2) is 6.64. The second-order valence-corrected chi connectivity index (χ2v) is 5.81. The lowest BCUT2D eigenvalue weighted by Gasteiger charge is -2.33. The summed E-state index contributed by atoms with van der Waals surface area (Å²) < 4.78 is 0. The molecular weight excluding hydrogens is 290 g/mol. The molecule has 0 bridgehead atoms. The van der Waals surface area contributed by atoms with E-state index in [1.54, 1.807) is 11.1 Å². The van der Waals surface area contributed by atoms with E-state index in [1.807, 2.05) is 12.1 Å². The number of hydrogen-bond acceptors (Lipinski definition) is 5. The molecule has 0 radical (unpaired) electrons. The van der Waals surface area contributed by atoms with E-state index in [2.05, 4.69) is 46.2 Å². The third-order valence-corrected chi connectivity index (χ3v) is 4.06. The monoisotopic (exact) mass is 311 g/mol. The quantitative estimate of drug-likeness (QED) is 0.876. The molecule has 23 heavy (non-hydrogen) atoms. The lowest BCUT2D eigenvalue weighted by Crippen LogP contribution is -2.46. The van der Waals surface area contributed by atoms with Crippen molar-refractivity contribution in [2.45, 2.75) is 13.8 Å². The second-order valence-electron chi connectivity index (χ2n) is 5.81. The van der Waals surface area contributed by atoms with Crippen molar-refractivity contribution in [3.63, 3.8) is 0 Å². The molecule has 1 N–H and O–H groups in total. The fourth-order valence-corrected chi connectivity index (χ4v) is 2.72. The van der Waals surface area contributed by atoms with Crippen LogP contribution in [-0.4, -0.2) is 47.5 Å². The third-order valence-electron chi connectivity index (χ3n) is 4.06. The number of piperazine rings is 1. The van der Waals surface area contributed by atoms with Crippen molar-refractivity contribution in [3.8, 4) is 0 Å². The van der Waals surface area contributed by atoms with Gasteiger partial charge < -0.3 is 15.1 Å². The van der Waals surface area contributed by atoms with Crippen LogP contribution in [0.15, 0.2) is 30.5 Å². The minimum absolute atomic E-state index is 0.590. The zero-order chi connectivity index (χ0) is 16.2. The van der Waals surface area contributed by atoms with Crippen molar-refractivity contribution < 1.29 is 4.79 Å². The van der Waals surface area contributed by atoms with Crippen molar-refractivity contribution in [2.75, 3.05) is 36.4 Å². The minimum atomic E-state index is 0.590. The van der Waals surface area contributed by atoms with Gasteiger partial charge >= 0.3 is 0 Å². The fourth-order valence-electron chi connectivity index (χ4n) is 2.72.